The second-order valence-corrected chi connectivity index (χ2v) is 11.6. The highest BCUT2D eigenvalue weighted by molar-refractivity contribution is 7.87. The lowest BCUT2D eigenvalue weighted by Gasteiger charge is -2.33. The number of halogens is 4. The van der Waals surface area contributed by atoms with Gasteiger partial charge in [0.1, 0.15) is 18.1 Å². The van der Waals surface area contributed by atoms with Crippen LogP contribution in [0.5, 0.6) is 0 Å². The normalized spacial score (nSPS) is 27.3. The van der Waals surface area contributed by atoms with E-state index in [2.05, 4.69) is 15.0 Å². The van der Waals surface area contributed by atoms with Crippen molar-refractivity contribution in [2.45, 2.75) is 37.4 Å². The van der Waals surface area contributed by atoms with Crippen LogP contribution >= 0.6 is 0 Å². The minimum absolute atomic E-state index is 0.0842. The topological polar surface area (TPSA) is 80.1 Å². The molecule has 1 N–H and O–H groups in total. The van der Waals surface area contributed by atoms with E-state index in [9.17, 15) is 26.0 Å². The van der Waals surface area contributed by atoms with E-state index in [-0.39, 0.29) is 24.2 Å². The van der Waals surface area contributed by atoms with Crippen LogP contribution in [0.15, 0.2) is 48.7 Å². The molecule has 3 aliphatic rings. The second-order valence-electron chi connectivity index (χ2n) is 9.92. The van der Waals surface area contributed by atoms with Crippen LogP contribution in [0.1, 0.15) is 24.0 Å². The summed E-state index contributed by atoms with van der Waals surface area (Å²) in [6.45, 7) is -1.65. The average Bonchev–Trinajstić information content (AvgIpc) is 3.43. The van der Waals surface area contributed by atoms with Crippen LogP contribution in [0.2, 0.25) is 0 Å². The molecule has 1 spiro atoms. The lowest BCUT2D eigenvalue weighted by Crippen LogP contribution is -2.52. The van der Waals surface area contributed by atoms with Crippen LogP contribution in [0.3, 0.4) is 0 Å². The summed E-state index contributed by atoms with van der Waals surface area (Å²) in [7, 11) is -4.22. The van der Waals surface area contributed by atoms with Crippen molar-refractivity contribution in [3.05, 3.63) is 65.6 Å². The molecule has 0 amide bonds. The number of alkyl halides is 3. The molecule has 2 aromatic carbocycles. The minimum Gasteiger partial charge on any atom is -0.220 e. The number of fused-ring (bicyclic) bond motifs is 1. The first-order valence-electron chi connectivity index (χ1n) is 11.7. The predicted molar refractivity (Wildman–Crippen MR) is 123 cm³/mol. The van der Waals surface area contributed by atoms with Gasteiger partial charge in [-0.2, -0.15) is 30.6 Å². The second kappa shape index (κ2) is 8.09. The Morgan fingerprint density at radius 2 is 1.72 bits per heavy atom. The van der Waals surface area contributed by atoms with Crippen molar-refractivity contribution in [3.8, 4) is 16.9 Å². The van der Waals surface area contributed by atoms with E-state index in [1.165, 1.54) is 12.1 Å². The molecular weight excluding hydrogens is 498 g/mol. The highest BCUT2D eigenvalue weighted by Crippen LogP contribution is 2.50. The van der Waals surface area contributed by atoms with E-state index in [0.717, 1.165) is 35.2 Å². The summed E-state index contributed by atoms with van der Waals surface area (Å²) >= 11 is 0. The van der Waals surface area contributed by atoms with Gasteiger partial charge in [0.25, 0.3) is 10.2 Å². The molecule has 1 aliphatic heterocycles. The molecule has 2 aliphatic carbocycles. The van der Waals surface area contributed by atoms with Crippen molar-refractivity contribution in [1.82, 2.24) is 24.0 Å². The van der Waals surface area contributed by atoms with Crippen molar-refractivity contribution in [3.63, 3.8) is 0 Å². The van der Waals surface area contributed by atoms with Gasteiger partial charge in [-0.05, 0) is 85.0 Å². The predicted octanol–water partition coefficient (Wildman–Crippen LogP) is 3.65. The number of benzene rings is 2. The standard InChI is InChI=1S/C24H23F4N5O2S/c25-20-6-1-15(2-7-20)22-12-33(31-29-22)21-8-3-16-9-18-4-5-19(10-17(16)11-21)23(18)13-32(14-24(26,27)28)36(34,35)30-23/h1-3,6-8,11-12,18-19,30H,4-5,9-10,13-14H2/t18-,19+,23+/m0/s1. The van der Waals surface area contributed by atoms with Gasteiger partial charge in [-0.3, -0.25) is 0 Å². The van der Waals surface area contributed by atoms with E-state index < -0.39 is 28.5 Å². The molecule has 12 heteroatoms. The largest absolute Gasteiger partial charge is 0.402 e. The fourth-order valence-corrected chi connectivity index (χ4v) is 7.82. The Labute approximate surface area is 205 Å². The fourth-order valence-electron chi connectivity index (χ4n) is 6.12. The summed E-state index contributed by atoms with van der Waals surface area (Å²) < 4.78 is 82.7. The Morgan fingerprint density at radius 1 is 1.03 bits per heavy atom. The molecule has 2 fully saturated rings. The number of aromatic nitrogens is 3. The maximum absolute atomic E-state index is 13.2. The van der Waals surface area contributed by atoms with Gasteiger partial charge in [0.15, 0.2) is 0 Å². The van der Waals surface area contributed by atoms with Gasteiger partial charge in [0.05, 0.1) is 17.4 Å². The molecule has 0 unspecified atom stereocenters. The summed E-state index contributed by atoms with van der Waals surface area (Å²) in [5.41, 5.74) is 3.28. The van der Waals surface area contributed by atoms with Crippen molar-refractivity contribution in [1.29, 1.82) is 0 Å². The summed E-state index contributed by atoms with van der Waals surface area (Å²) in [4.78, 5) is 0. The van der Waals surface area contributed by atoms with Crippen molar-refractivity contribution in [2.75, 3.05) is 13.1 Å². The van der Waals surface area contributed by atoms with Crippen LogP contribution in [-0.4, -0.2) is 52.5 Å². The third-order valence-electron chi connectivity index (χ3n) is 7.79. The Kier molecular flexibility index (Phi) is 5.29. The molecule has 0 radical (unpaired) electrons. The molecule has 6 rings (SSSR count). The molecule has 2 bridgehead atoms. The lowest BCUT2D eigenvalue weighted by molar-refractivity contribution is -0.136. The van der Waals surface area contributed by atoms with E-state index in [1.807, 2.05) is 18.2 Å². The number of hydrogen-bond acceptors (Lipinski definition) is 4. The summed E-state index contributed by atoms with van der Waals surface area (Å²) in [6.07, 6.45) is -0.201. The quantitative estimate of drug-likeness (QED) is 0.534. The first kappa shape index (κ1) is 23.6. The zero-order valence-electron chi connectivity index (χ0n) is 19.0. The maximum Gasteiger partial charge on any atom is 0.402 e. The number of nitrogens with one attached hydrogen (secondary N) is 1. The monoisotopic (exact) mass is 521 g/mol. The summed E-state index contributed by atoms with van der Waals surface area (Å²) in [5, 5.41) is 8.40. The molecule has 7 nitrogen and oxygen atoms in total. The minimum atomic E-state index is -4.60. The molecule has 1 saturated heterocycles. The number of rotatable bonds is 3. The molecule has 190 valence electrons. The zero-order valence-corrected chi connectivity index (χ0v) is 19.9. The lowest BCUT2D eigenvalue weighted by atomic mass is 9.79. The molecule has 2 heterocycles. The van der Waals surface area contributed by atoms with Crippen LogP contribution in [0.4, 0.5) is 17.6 Å². The summed E-state index contributed by atoms with van der Waals surface area (Å²) in [6, 6.07) is 11.8. The van der Waals surface area contributed by atoms with E-state index in [0.29, 0.717) is 22.8 Å². The van der Waals surface area contributed by atoms with Gasteiger partial charge in [-0.15, -0.1) is 5.10 Å². The maximum atomic E-state index is 13.2. The third kappa shape index (κ3) is 4.00. The molecule has 3 aromatic rings. The van der Waals surface area contributed by atoms with Crippen LogP contribution in [-0.2, 0) is 23.1 Å². The first-order chi connectivity index (χ1) is 17.0. The number of hydrogen-bond donors (Lipinski definition) is 1. The van der Waals surface area contributed by atoms with Gasteiger partial charge in [-0.25, -0.2) is 9.07 Å². The highest BCUT2D eigenvalue weighted by atomic mass is 32.2. The highest BCUT2D eigenvalue weighted by Gasteiger charge is 2.60. The van der Waals surface area contributed by atoms with E-state index >= 15 is 0 Å². The summed E-state index contributed by atoms with van der Waals surface area (Å²) in [5.74, 6) is -0.536. The van der Waals surface area contributed by atoms with Crippen molar-refractivity contribution >= 4 is 10.2 Å². The number of nitrogens with zero attached hydrogens (tertiary/aromatic N) is 4. The van der Waals surface area contributed by atoms with Crippen LogP contribution in [0.25, 0.3) is 16.9 Å². The van der Waals surface area contributed by atoms with Gasteiger partial charge in [-0.1, -0.05) is 11.3 Å². The Balaban J connectivity index is 1.29. The van der Waals surface area contributed by atoms with Crippen LogP contribution < -0.4 is 4.72 Å². The van der Waals surface area contributed by atoms with Gasteiger partial charge >= 0.3 is 6.18 Å². The molecule has 3 atom stereocenters. The Morgan fingerprint density at radius 3 is 2.42 bits per heavy atom. The third-order valence-corrected chi connectivity index (χ3v) is 9.37. The molecule has 1 saturated carbocycles. The van der Waals surface area contributed by atoms with E-state index in [4.69, 9.17) is 0 Å². The van der Waals surface area contributed by atoms with Crippen molar-refractivity contribution in [2.24, 2.45) is 11.8 Å². The van der Waals surface area contributed by atoms with Gasteiger partial charge in [0, 0.05) is 12.1 Å². The first-order valence-corrected chi connectivity index (χ1v) is 13.1. The average molecular weight is 522 g/mol. The Bertz CT molecular complexity index is 1420. The molecule has 36 heavy (non-hydrogen) atoms. The van der Waals surface area contributed by atoms with Crippen LogP contribution in [0, 0.1) is 17.7 Å². The van der Waals surface area contributed by atoms with Gasteiger partial charge < -0.3 is 0 Å². The molecule has 1 aromatic heterocycles. The van der Waals surface area contributed by atoms with Crippen molar-refractivity contribution < 1.29 is 26.0 Å². The van der Waals surface area contributed by atoms with E-state index in [1.54, 1.807) is 23.0 Å². The smallest absolute Gasteiger partial charge is 0.220 e. The SMILES string of the molecule is O=S1(=O)N[C@@]2(CN1CC(F)(F)F)[C@@H]1CC[C@H]2Cc2ccc(-n3cc(-c4ccc(F)cc4)nn3)cc2C1. The molecular formula is C24H23F4N5O2S. The fraction of sp³-hybridized carbons (Fsp3) is 0.417. The zero-order chi connectivity index (χ0) is 25.3. The Hall–Kier alpha value is -2.83. The van der Waals surface area contributed by atoms with Gasteiger partial charge in [0.2, 0.25) is 0 Å².